The lowest BCUT2D eigenvalue weighted by atomic mass is 10.1. The van der Waals surface area contributed by atoms with E-state index in [1.165, 1.54) is 12.1 Å². The fourth-order valence-corrected chi connectivity index (χ4v) is 2.02. The zero-order chi connectivity index (χ0) is 13.1. The standard InChI is InChI=1S/C13H6Br2FNO/c14-12-6-11(18-13(12)15)5-9(7-17)8-2-1-3-10(16)4-8/h1-6H/b9-5-. The molecular weight excluding hydrogens is 365 g/mol. The van der Waals surface area contributed by atoms with Gasteiger partial charge in [-0.1, -0.05) is 12.1 Å². The molecule has 0 N–H and O–H groups in total. The van der Waals surface area contributed by atoms with Crippen LogP contribution in [0.3, 0.4) is 0 Å². The van der Waals surface area contributed by atoms with Gasteiger partial charge in [0.2, 0.25) is 0 Å². The first-order valence-electron chi connectivity index (χ1n) is 4.92. The van der Waals surface area contributed by atoms with Crippen molar-refractivity contribution in [1.82, 2.24) is 0 Å². The molecule has 0 saturated heterocycles. The van der Waals surface area contributed by atoms with Crippen LogP contribution in [0.2, 0.25) is 0 Å². The summed E-state index contributed by atoms with van der Waals surface area (Å²) >= 11 is 6.49. The van der Waals surface area contributed by atoms with Crippen molar-refractivity contribution in [2.24, 2.45) is 0 Å². The summed E-state index contributed by atoms with van der Waals surface area (Å²) in [5.74, 6) is 0.130. The molecule has 0 spiro atoms. The van der Waals surface area contributed by atoms with Crippen LogP contribution in [0.1, 0.15) is 11.3 Å². The second-order valence-electron chi connectivity index (χ2n) is 3.45. The summed E-state index contributed by atoms with van der Waals surface area (Å²) in [5, 5.41) is 9.10. The van der Waals surface area contributed by atoms with E-state index >= 15 is 0 Å². The highest BCUT2D eigenvalue weighted by Gasteiger charge is 2.07. The second-order valence-corrected chi connectivity index (χ2v) is 5.03. The Morgan fingerprint density at radius 3 is 2.67 bits per heavy atom. The molecule has 0 radical (unpaired) electrons. The summed E-state index contributed by atoms with van der Waals surface area (Å²) < 4.78 is 19.7. The second kappa shape index (κ2) is 5.51. The van der Waals surface area contributed by atoms with Gasteiger partial charge in [-0.2, -0.15) is 5.26 Å². The van der Waals surface area contributed by atoms with Gasteiger partial charge in [0.25, 0.3) is 0 Å². The molecule has 2 aromatic rings. The maximum atomic E-state index is 13.1. The minimum absolute atomic E-state index is 0.336. The summed E-state index contributed by atoms with van der Waals surface area (Å²) in [6.07, 6.45) is 1.56. The Labute approximate surface area is 120 Å². The van der Waals surface area contributed by atoms with Gasteiger partial charge >= 0.3 is 0 Å². The van der Waals surface area contributed by atoms with Crippen LogP contribution in [0.5, 0.6) is 0 Å². The van der Waals surface area contributed by atoms with Crippen molar-refractivity contribution in [1.29, 1.82) is 5.26 Å². The Morgan fingerprint density at radius 1 is 1.33 bits per heavy atom. The molecule has 90 valence electrons. The van der Waals surface area contributed by atoms with Crippen LogP contribution in [-0.4, -0.2) is 0 Å². The molecule has 1 aromatic carbocycles. The number of hydrogen-bond acceptors (Lipinski definition) is 2. The van der Waals surface area contributed by atoms with Crippen LogP contribution in [0.25, 0.3) is 11.6 Å². The van der Waals surface area contributed by atoms with Gasteiger partial charge in [0.05, 0.1) is 16.1 Å². The molecule has 0 bridgehead atoms. The van der Waals surface area contributed by atoms with E-state index in [4.69, 9.17) is 9.68 Å². The highest BCUT2D eigenvalue weighted by atomic mass is 79.9. The molecule has 0 aliphatic carbocycles. The maximum absolute atomic E-state index is 13.1. The molecule has 0 amide bonds. The lowest BCUT2D eigenvalue weighted by molar-refractivity contribution is 0.530. The molecule has 0 aliphatic rings. The third-order valence-electron chi connectivity index (χ3n) is 2.21. The van der Waals surface area contributed by atoms with E-state index in [-0.39, 0.29) is 5.82 Å². The lowest BCUT2D eigenvalue weighted by Crippen LogP contribution is -1.83. The van der Waals surface area contributed by atoms with Crippen molar-refractivity contribution in [2.75, 3.05) is 0 Å². The Morgan fingerprint density at radius 2 is 2.11 bits per heavy atom. The van der Waals surface area contributed by atoms with Crippen molar-refractivity contribution >= 4 is 43.5 Å². The highest BCUT2D eigenvalue weighted by molar-refractivity contribution is 9.13. The van der Waals surface area contributed by atoms with Crippen LogP contribution >= 0.6 is 31.9 Å². The van der Waals surface area contributed by atoms with Gasteiger partial charge in [0.1, 0.15) is 11.6 Å². The van der Waals surface area contributed by atoms with Crippen LogP contribution in [0.15, 0.2) is 43.9 Å². The number of rotatable bonds is 2. The van der Waals surface area contributed by atoms with Crippen molar-refractivity contribution in [3.05, 3.63) is 56.6 Å². The van der Waals surface area contributed by atoms with Gasteiger partial charge in [0, 0.05) is 0 Å². The van der Waals surface area contributed by atoms with E-state index in [0.29, 0.717) is 21.6 Å². The van der Waals surface area contributed by atoms with E-state index in [1.54, 1.807) is 24.3 Å². The van der Waals surface area contributed by atoms with E-state index in [9.17, 15) is 4.39 Å². The fraction of sp³-hybridized carbons (Fsp3) is 0. The average molecular weight is 371 g/mol. The zero-order valence-corrected chi connectivity index (χ0v) is 12.1. The molecule has 5 heteroatoms. The van der Waals surface area contributed by atoms with E-state index in [2.05, 4.69) is 31.9 Å². The number of nitriles is 1. The Bertz CT molecular complexity index is 636. The number of benzene rings is 1. The molecule has 0 fully saturated rings. The number of allylic oxidation sites excluding steroid dienone is 1. The Hall–Kier alpha value is -1.38. The lowest BCUT2D eigenvalue weighted by Gasteiger charge is -1.98. The molecule has 0 unspecified atom stereocenters. The molecule has 1 aromatic heterocycles. The SMILES string of the molecule is N#C/C(=C/c1cc(Br)c(Br)o1)c1cccc(F)c1. The quantitative estimate of drug-likeness (QED) is 0.697. The average Bonchev–Trinajstić information content (AvgIpc) is 2.65. The smallest absolute Gasteiger partial charge is 0.184 e. The van der Waals surface area contributed by atoms with Gasteiger partial charge in [-0.05, 0) is 61.7 Å². The third-order valence-corrected chi connectivity index (χ3v) is 3.92. The van der Waals surface area contributed by atoms with Gasteiger partial charge in [-0.25, -0.2) is 4.39 Å². The topological polar surface area (TPSA) is 36.9 Å². The summed E-state index contributed by atoms with van der Waals surface area (Å²) in [4.78, 5) is 0. The van der Waals surface area contributed by atoms with E-state index in [1.807, 2.05) is 6.07 Å². The molecule has 0 atom stereocenters. The van der Waals surface area contributed by atoms with Gasteiger partial charge in [-0.15, -0.1) is 0 Å². The van der Waals surface area contributed by atoms with Crippen molar-refractivity contribution in [2.45, 2.75) is 0 Å². The monoisotopic (exact) mass is 369 g/mol. The molecular formula is C13H6Br2FNO. The zero-order valence-electron chi connectivity index (χ0n) is 8.95. The first kappa shape index (κ1) is 13.1. The number of nitrogens with zero attached hydrogens (tertiary/aromatic N) is 1. The molecule has 0 saturated carbocycles. The van der Waals surface area contributed by atoms with E-state index < -0.39 is 0 Å². The van der Waals surface area contributed by atoms with Crippen LogP contribution < -0.4 is 0 Å². The van der Waals surface area contributed by atoms with Crippen molar-refractivity contribution in [3.8, 4) is 6.07 Å². The summed E-state index contributed by atoms with van der Waals surface area (Å²) in [5.41, 5.74) is 0.851. The third kappa shape index (κ3) is 2.89. The normalized spacial score (nSPS) is 11.3. The minimum atomic E-state index is -0.379. The summed E-state index contributed by atoms with van der Waals surface area (Å²) in [6, 6.07) is 9.62. The van der Waals surface area contributed by atoms with Crippen LogP contribution in [0, 0.1) is 17.1 Å². The molecule has 1 heterocycles. The Kier molecular flexibility index (Phi) is 4.00. The fourth-order valence-electron chi connectivity index (χ4n) is 1.41. The summed E-state index contributed by atoms with van der Waals surface area (Å²) in [6.45, 7) is 0. The van der Waals surface area contributed by atoms with E-state index in [0.717, 1.165) is 4.47 Å². The van der Waals surface area contributed by atoms with Crippen LogP contribution in [0.4, 0.5) is 4.39 Å². The van der Waals surface area contributed by atoms with Gasteiger partial charge in [-0.3, -0.25) is 0 Å². The molecule has 2 rings (SSSR count). The van der Waals surface area contributed by atoms with Crippen molar-refractivity contribution < 1.29 is 8.81 Å². The highest BCUT2D eigenvalue weighted by Crippen LogP contribution is 2.29. The summed E-state index contributed by atoms with van der Waals surface area (Å²) in [7, 11) is 0. The number of furan rings is 1. The number of hydrogen-bond donors (Lipinski definition) is 0. The molecule has 18 heavy (non-hydrogen) atoms. The number of halogens is 3. The van der Waals surface area contributed by atoms with Gasteiger partial charge < -0.3 is 4.42 Å². The first-order valence-corrected chi connectivity index (χ1v) is 6.51. The Balaban J connectivity index is 2.43. The van der Waals surface area contributed by atoms with Crippen LogP contribution in [-0.2, 0) is 0 Å². The molecule has 0 aliphatic heterocycles. The predicted molar refractivity (Wildman–Crippen MR) is 74.0 cm³/mol. The predicted octanol–water partition coefficient (Wildman–Crippen LogP) is 5.01. The largest absolute Gasteiger partial charge is 0.449 e. The first-order chi connectivity index (χ1) is 8.60. The molecule has 2 nitrogen and oxygen atoms in total. The van der Waals surface area contributed by atoms with Gasteiger partial charge in [0.15, 0.2) is 4.67 Å². The van der Waals surface area contributed by atoms with Crippen molar-refractivity contribution in [3.63, 3.8) is 0 Å². The minimum Gasteiger partial charge on any atom is -0.449 e. The maximum Gasteiger partial charge on any atom is 0.184 e.